The van der Waals surface area contributed by atoms with E-state index >= 15 is 0 Å². The number of carboxylic acids is 1. The summed E-state index contributed by atoms with van der Waals surface area (Å²) in [6.07, 6.45) is 7.84. The Morgan fingerprint density at radius 1 is 1.30 bits per heavy atom. The summed E-state index contributed by atoms with van der Waals surface area (Å²) < 4.78 is 16.1. The predicted octanol–water partition coefficient (Wildman–Crippen LogP) is 2.46. The lowest BCUT2D eigenvalue weighted by molar-refractivity contribution is -0.147. The number of hydrogen-bond acceptors (Lipinski definition) is 3. The molecule has 27 heavy (non-hydrogen) atoms. The van der Waals surface area contributed by atoms with Gasteiger partial charge in [0.1, 0.15) is 11.6 Å². The van der Waals surface area contributed by atoms with Crippen LogP contribution >= 0.6 is 0 Å². The molecule has 1 aromatic carbocycles. The maximum atomic E-state index is 14.5. The van der Waals surface area contributed by atoms with E-state index < -0.39 is 23.6 Å². The smallest absolute Gasteiger partial charge is 0.307 e. The molecule has 2 aromatic rings. The third-order valence-corrected chi connectivity index (χ3v) is 5.61. The predicted molar refractivity (Wildman–Crippen MR) is 95.5 cm³/mol. The normalized spacial score (nSPS) is 25.7. The van der Waals surface area contributed by atoms with E-state index in [4.69, 9.17) is 0 Å². The van der Waals surface area contributed by atoms with Crippen molar-refractivity contribution in [3.63, 3.8) is 0 Å². The van der Waals surface area contributed by atoms with Gasteiger partial charge in [0, 0.05) is 18.9 Å². The van der Waals surface area contributed by atoms with Gasteiger partial charge in [-0.25, -0.2) is 9.37 Å². The van der Waals surface area contributed by atoms with Crippen molar-refractivity contribution < 1.29 is 19.1 Å². The molecule has 2 aliphatic rings. The van der Waals surface area contributed by atoms with Crippen LogP contribution in [0.25, 0.3) is 5.69 Å². The van der Waals surface area contributed by atoms with Crippen molar-refractivity contribution >= 4 is 11.9 Å². The van der Waals surface area contributed by atoms with Crippen molar-refractivity contribution in [2.75, 3.05) is 0 Å². The van der Waals surface area contributed by atoms with E-state index in [9.17, 15) is 19.1 Å². The molecular weight excluding hydrogens is 349 g/mol. The molecule has 0 radical (unpaired) electrons. The third-order valence-electron chi connectivity index (χ3n) is 5.61. The van der Waals surface area contributed by atoms with Gasteiger partial charge in [0.05, 0.1) is 17.5 Å². The van der Waals surface area contributed by atoms with E-state index in [1.165, 1.54) is 6.07 Å². The molecule has 2 N–H and O–H groups in total. The summed E-state index contributed by atoms with van der Waals surface area (Å²) in [5, 5.41) is 12.2. The lowest BCUT2D eigenvalue weighted by Gasteiger charge is -2.23. The minimum absolute atomic E-state index is 0.0283. The molecule has 1 amide bonds. The second-order valence-electron chi connectivity index (χ2n) is 7.19. The van der Waals surface area contributed by atoms with Crippen LogP contribution in [0.4, 0.5) is 4.39 Å². The largest absolute Gasteiger partial charge is 0.481 e. The summed E-state index contributed by atoms with van der Waals surface area (Å²) in [4.78, 5) is 28.2. The summed E-state index contributed by atoms with van der Waals surface area (Å²) in [5.74, 6) is -2.28. The summed E-state index contributed by atoms with van der Waals surface area (Å²) in [6, 6.07) is 4.77. The second-order valence-corrected chi connectivity index (χ2v) is 7.19. The Labute approximate surface area is 155 Å². The van der Waals surface area contributed by atoms with Crippen molar-refractivity contribution in [1.82, 2.24) is 14.9 Å². The number of aromatic nitrogens is 2. The van der Waals surface area contributed by atoms with Gasteiger partial charge in [0.25, 0.3) is 0 Å². The number of carbonyl (C=O) groups is 2. The van der Waals surface area contributed by atoms with Gasteiger partial charge in [-0.3, -0.25) is 9.59 Å². The number of halogens is 1. The Bertz CT molecular complexity index is 936. The van der Waals surface area contributed by atoms with E-state index in [1.54, 1.807) is 36.0 Å². The number of allylic oxidation sites excluding steroid dienone is 2. The molecule has 4 atom stereocenters. The van der Waals surface area contributed by atoms with Gasteiger partial charge < -0.3 is 15.0 Å². The van der Waals surface area contributed by atoms with Crippen LogP contribution in [0.15, 0.2) is 42.7 Å². The molecule has 4 unspecified atom stereocenters. The molecule has 1 saturated carbocycles. The fraction of sp³-hybridized carbons (Fsp3) is 0.350. The van der Waals surface area contributed by atoms with Gasteiger partial charge in [-0.2, -0.15) is 0 Å². The van der Waals surface area contributed by atoms with Crippen LogP contribution < -0.4 is 5.32 Å². The topological polar surface area (TPSA) is 84.2 Å². The van der Waals surface area contributed by atoms with Crippen molar-refractivity contribution in [1.29, 1.82) is 0 Å². The molecule has 0 spiro atoms. The molecule has 4 rings (SSSR count). The first kappa shape index (κ1) is 17.5. The maximum Gasteiger partial charge on any atom is 0.307 e. The van der Waals surface area contributed by atoms with Gasteiger partial charge >= 0.3 is 5.97 Å². The minimum atomic E-state index is -0.932. The molecule has 2 bridgehead atoms. The number of nitrogens with one attached hydrogen (secondary N) is 1. The summed E-state index contributed by atoms with van der Waals surface area (Å²) in [6.45, 7) is 1.94. The number of fused-ring (bicyclic) bond motifs is 2. The third kappa shape index (κ3) is 3.03. The molecule has 6 nitrogen and oxygen atoms in total. The molecule has 1 aromatic heterocycles. The molecular formula is C20H20FN3O3. The highest BCUT2D eigenvalue weighted by molar-refractivity contribution is 5.86. The van der Waals surface area contributed by atoms with Crippen molar-refractivity contribution in [3.8, 4) is 5.69 Å². The SMILES string of the molecule is Cc1nccn1-c1ccc(CNC(=O)C2C3C=CC(C3)C2C(=O)O)cc1F. The zero-order valence-corrected chi connectivity index (χ0v) is 14.8. The van der Waals surface area contributed by atoms with Gasteiger partial charge in [-0.1, -0.05) is 18.2 Å². The number of nitrogens with zero attached hydrogens (tertiary/aromatic N) is 2. The van der Waals surface area contributed by atoms with E-state index in [0.29, 0.717) is 23.5 Å². The molecule has 1 fully saturated rings. The van der Waals surface area contributed by atoms with Crippen molar-refractivity contribution in [2.24, 2.45) is 23.7 Å². The lowest BCUT2D eigenvalue weighted by atomic mass is 9.82. The summed E-state index contributed by atoms with van der Waals surface area (Å²) in [7, 11) is 0. The van der Waals surface area contributed by atoms with Crippen LogP contribution in [0.5, 0.6) is 0 Å². The van der Waals surface area contributed by atoms with Crippen LogP contribution in [0.2, 0.25) is 0 Å². The summed E-state index contributed by atoms with van der Waals surface area (Å²) >= 11 is 0. The van der Waals surface area contributed by atoms with Crippen LogP contribution in [-0.4, -0.2) is 26.5 Å². The number of amides is 1. The van der Waals surface area contributed by atoms with E-state index in [-0.39, 0.29) is 24.3 Å². The quantitative estimate of drug-likeness (QED) is 0.793. The first-order chi connectivity index (χ1) is 13.0. The maximum absolute atomic E-state index is 14.5. The molecule has 1 heterocycles. The fourth-order valence-corrected chi connectivity index (χ4v) is 4.31. The van der Waals surface area contributed by atoms with Gasteiger partial charge in [-0.05, 0) is 42.9 Å². The molecule has 7 heteroatoms. The van der Waals surface area contributed by atoms with E-state index in [0.717, 1.165) is 0 Å². The standard InChI is InChI=1S/C20H20FN3O3/c1-11-22-6-7-24(11)16-5-2-12(8-15(16)21)10-23-19(25)17-13-3-4-14(9-13)18(17)20(26)27/h2-8,13-14,17-18H,9-10H2,1H3,(H,23,25)(H,26,27). The molecule has 140 valence electrons. The number of imidazole rings is 1. The Morgan fingerprint density at radius 3 is 2.67 bits per heavy atom. The average molecular weight is 369 g/mol. The van der Waals surface area contributed by atoms with Crippen LogP contribution in [-0.2, 0) is 16.1 Å². The first-order valence-corrected chi connectivity index (χ1v) is 8.93. The zero-order chi connectivity index (χ0) is 19.1. The van der Waals surface area contributed by atoms with Crippen LogP contribution in [0, 0.1) is 36.4 Å². The van der Waals surface area contributed by atoms with Crippen molar-refractivity contribution in [3.05, 3.63) is 59.9 Å². The van der Waals surface area contributed by atoms with E-state index in [2.05, 4.69) is 10.3 Å². The highest BCUT2D eigenvalue weighted by Crippen LogP contribution is 2.48. The van der Waals surface area contributed by atoms with Crippen LogP contribution in [0.1, 0.15) is 17.8 Å². The monoisotopic (exact) mass is 369 g/mol. The van der Waals surface area contributed by atoms with Crippen LogP contribution in [0.3, 0.4) is 0 Å². The fourth-order valence-electron chi connectivity index (χ4n) is 4.31. The van der Waals surface area contributed by atoms with Crippen molar-refractivity contribution in [2.45, 2.75) is 19.9 Å². The number of carboxylic acid groups (broad SMARTS) is 1. The minimum Gasteiger partial charge on any atom is -0.481 e. The zero-order valence-electron chi connectivity index (χ0n) is 14.8. The average Bonchev–Trinajstić information content (AvgIpc) is 3.35. The summed E-state index contributed by atoms with van der Waals surface area (Å²) in [5.41, 5.74) is 1.01. The number of hydrogen-bond donors (Lipinski definition) is 2. The highest BCUT2D eigenvalue weighted by Gasteiger charge is 2.51. The Hall–Kier alpha value is -2.96. The van der Waals surface area contributed by atoms with Gasteiger partial charge in [0.15, 0.2) is 0 Å². The lowest BCUT2D eigenvalue weighted by Crippen LogP contribution is -2.39. The number of aliphatic carboxylic acids is 1. The number of aryl methyl sites for hydroxylation is 1. The van der Waals surface area contributed by atoms with Gasteiger partial charge in [0.2, 0.25) is 5.91 Å². The Kier molecular flexibility index (Phi) is 4.30. The molecule has 0 saturated heterocycles. The van der Waals surface area contributed by atoms with Gasteiger partial charge in [-0.15, -0.1) is 0 Å². The number of rotatable bonds is 5. The molecule has 2 aliphatic carbocycles. The highest BCUT2D eigenvalue weighted by atomic mass is 19.1. The Morgan fingerprint density at radius 2 is 2.04 bits per heavy atom. The number of benzene rings is 1. The number of carbonyl (C=O) groups excluding carboxylic acids is 1. The first-order valence-electron chi connectivity index (χ1n) is 8.93. The Balaban J connectivity index is 1.45. The van der Waals surface area contributed by atoms with E-state index in [1.807, 2.05) is 12.2 Å². The molecule has 0 aliphatic heterocycles. The second kappa shape index (κ2) is 6.64.